The van der Waals surface area contributed by atoms with Crippen LogP contribution >= 0.6 is 0 Å². The normalized spacial score (nSPS) is 10.2. The quantitative estimate of drug-likeness (QED) is 0.485. The Morgan fingerprint density at radius 1 is 1.25 bits per heavy atom. The van der Waals surface area contributed by atoms with Crippen molar-refractivity contribution in [3.05, 3.63) is 34.3 Å². The van der Waals surface area contributed by atoms with E-state index in [2.05, 4.69) is 6.92 Å². The van der Waals surface area contributed by atoms with Gasteiger partial charge in [-0.25, -0.2) is 0 Å². The minimum atomic E-state index is 0.790. The Hall–Kier alpha value is -1.05. The summed E-state index contributed by atoms with van der Waals surface area (Å²) in [6, 6.07) is 3.92. The van der Waals surface area contributed by atoms with Gasteiger partial charge in [-0.3, -0.25) is 0 Å². The monoisotopic (exact) mass is 165 g/mol. The van der Waals surface area contributed by atoms with Gasteiger partial charge in [0.2, 0.25) is 0 Å². The molecule has 1 aromatic heterocycles. The highest BCUT2D eigenvalue weighted by Gasteiger charge is 2.05. The molecule has 0 radical (unpaired) electrons. The molecule has 0 spiro atoms. The first-order chi connectivity index (χ1) is 5.65. The van der Waals surface area contributed by atoms with Crippen LogP contribution in [0.3, 0.4) is 0 Å². The topological polar surface area (TPSA) is 26.9 Å². The molecule has 0 aliphatic heterocycles. The Morgan fingerprint density at radius 2 is 1.75 bits per heavy atom. The van der Waals surface area contributed by atoms with Gasteiger partial charge in [-0.15, -0.1) is 0 Å². The zero-order chi connectivity index (χ0) is 9.14. The van der Waals surface area contributed by atoms with Gasteiger partial charge in [-0.2, -0.15) is 4.73 Å². The molecule has 12 heavy (non-hydrogen) atoms. The fourth-order valence-electron chi connectivity index (χ4n) is 1.41. The second-order valence-corrected chi connectivity index (χ2v) is 3.19. The number of hydrogen-bond donors (Lipinski definition) is 0. The van der Waals surface area contributed by atoms with E-state index in [1.807, 2.05) is 26.0 Å². The fraction of sp³-hybridized carbons (Fsp3) is 0.500. The average Bonchev–Trinajstić information content (AvgIpc) is 2.01. The van der Waals surface area contributed by atoms with Crippen molar-refractivity contribution in [3.63, 3.8) is 0 Å². The van der Waals surface area contributed by atoms with Gasteiger partial charge in [0.25, 0.3) is 0 Å². The molecule has 0 bridgehead atoms. The van der Waals surface area contributed by atoms with Crippen molar-refractivity contribution in [3.8, 4) is 0 Å². The minimum Gasteiger partial charge on any atom is -0.618 e. The number of aromatic nitrogens is 1. The van der Waals surface area contributed by atoms with Crippen molar-refractivity contribution in [1.82, 2.24) is 0 Å². The van der Waals surface area contributed by atoms with E-state index >= 15 is 0 Å². The Balaban J connectivity index is 3.04. The van der Waals surface area contributed by atoms with Crippen LogP contribution in [-0.2, 0) is 6.42 Å². The van der Waals surface area contributed by atoms with Gasteiger partial charge < -0.3 is 5.21 Å². The van der Waals surface area contributed by atoms with Crippen LogP contribution in [0.1, 0.15) is 30.3 Å². The summed E-state index contributed by atoms with van der Waals surface area (Å²) in [6.45, 7) is 5.83. The van der Waals surface area contributed by atoms with E-state index < -0.39 is 0 Å². The van der Waals surface area contributed by atoms with Crippen molar-refractivity contribution in [2.75, 3.05) is 0 Å². The second kappa shape index (κ2) is 3.57. The van der Waals surface area contributed by atoms with Crippen LogP contribution in [-0.4, -0.2) is 0 Å². The van der Waals surface area contributed by atoms with E-state index in [4.69, 9.17) is 0 Å². The Labute approximate surface area is 73.4 Å². The van der Waals surface area contributed by atoms with Crippen LogP contribution in [0.15, 0.2) is 12.1 Å². The number of nitrogens with zero attached hydrogens (tertiary/aromatic N) is 1. The SMILES string of the molecule is CCCc1cc(C)[n+]([O-])c(C)c1. The molecule has 0 fully saturated rings. The van der Waals surface area contributed by atoms with Crippen LogP contribution < -0.4 is 4.73 Å². The summed E-state index contributed by atoms with van der Waals surface area (Å²) in [7, 11) is 0. The Kier molecular flexibility index (Phi) is 2.69. The lowest BCUT2D eigenvalue weighted by Gasteiger charge is -2.06. The molecule has 1 rings (SSSR count). The molecule has 0 aliphatic carbocycles. The van der Waals surface area contributed by atoms with E-state index in [1.165, 1.54) is 5.56 Å². The molecule has 66 valence electrons. The molecule has 0 saturated carbocycles. The molecular formula is C10H15NO. The van der Waals surface area contributed by atoms with E-state index in [0.29, 0.717) is 0 Å². The van der Waals surface area contributed by atoms with Gasteiger partial charge in [0.15, 0.2) is 11.4 Å². The predicted molar refractivity (Wildman–Crippen MR) is 48.9 cm³/mol. The first-order valence-corrected chi connectivity index (χ1v) is 4.35. The number of aryl methyl sites for hydroxylation is 3. The number of hydrogen-bond acceptors (Lipinski definition) is 1. The maximum absolute atomic E-state index is 11.2. The molecule has 2 nitrogen and oxygen atoms in total. The highest BCUT2D eigenvalue weighted by atomic mass is 16.5. The van der Waals surface area contributed by atoms with Crippen molar-refractivity contribution in [1.29, 1.82) is 0 Å². The summed E-state index contributed by atoms with van der Waals surface area (Å²) in [5.41, 5.74) is 2.84. The summed E-state index contributed by atoms with van der Waals surface area (Å²) in [4.78, 5) is 0. The number of pyridine rings is 1. The van der Waals surface area contributed by atoms with Gasteiger partial charge in [0.05, 0.1) is 0 Å². The molecule has 1 heterocycles. The first-order valence-electron chi connectivity index (χ1n) is 4.35. The fourth-order valence-corrected chi connectivity index (χ4v) is 1.41. The van der Waals surface area contributed by atoms with Gasteiger partial charge >= 0.3 is 0 Å². The van der Waals surface area contributed by atoms with Gasteiger partial charge in [0.1, 0.15) is 0 Å². The molecule has 0 atom stereocenters. The molecule has 0 saturated heterocycles. The van der Waals surface area contributed by atoms with Crippen LogP contribution in [0, 0.1) is 19.1 Å². The molecule has 1 aromatic rings. The lowest BCUT2D eigenvalue weighted by Crippen LogP contribution is -2.33. The van der Waals surface area contributed by atoms with Crippen LogP contribution in [0.2, 0.25) is 0 Å². The standard InChI is InChI=1S/C10H15NO/c1-4-5-10-6-8(2)11(12)9(3)7-10/h6-7H,4-5H2,1-3H3. The first kappa shape index (κ1) is 9.04. The highest BCUT2D eigenvalue weighted by molar-refractivity contribution is 5.16. The molecule has 0 N–H and O–H groups in total. The Morgan fingerprint density at radius 3 is 2.17 bits per heavy atom. The van der Waals surface area contributed by atoms with Crippen LogP contribution in [0.5, 0.6) is 0 Å². The zero-order valence-electron chi connectivity index (χ0n) is 7.92. The minimum absolute atomic E-state index is 0.790. The third-order valence-electron chi connectivity index (χ3n) is 1.97. The van der Waals surface area contributed by atoms with E-state index in [9.17, 15) is 5.21 Å². The lowest BCUT2D eigenvalue weighted by molar-refractivity contribution is -0.619. The predicted octanol–water partition coefficient (Wildman–Crippen LogP) is 1.89. The smallest absolute Gasteiger partial charge is 0.190 e. The summed E-state index contributed by atoms with van der Waals surface area (Å²) in [6.07, 6.45) is 2.18. The van der Waals surface area contributed by atoms with Crippen LogP contribution in [0.4, 0.5) is 0 Å². The van der Waals surface area contributed by atoms with Gasteiger partial charge in [-0.1, -0.05) is 13.3 Å². The third kappa shape index (κ3) is 1.76. The summed E-state index contributed by atoms with van der Waals surface area (Å²) < 4.78 is 0.971. The maximum Gasteiger partial charge on any atom is 0.190 e. The molecule has 0 amide bonds. The largest absolute Gasteiger partial charge is 0.618 e. The maximum atomic E-state index is 11.2. The van der Waals surface area contributed by atoms with Crippen molar-refractivity contribution in [2.24, 2.45) is 0 Å². The van der Waals surface area contributed by atoms with Crippen molar-refractivity contribution in [2.45, 2.75) is 33.6 Å². The summed E-state index contributed by atoms with van der Waals surface area (Å²) in [5.74, 6) is 0. The van der Waals surface area contributed by atoms with Gasteiger partial charge in [-0.05, 0) is 12.0 Å². The molecular weight excluding hydrogens is 150 g/mol. The van der Waals surface area contributed by atoms with E-state index in [-0.39, 0.29) is 0 Å². The summed E-state index contributed by atoms with van der Waals surface area (Å²) >= 11 is 0. The number of rotatable bonds is 2. The second-order valence-electron chi connectivity index (χ2n) is 3.19. The van der Waals surface area contributed by atoms with E-state index in [1.54, 1.807) is 0 Å². The zero-order valence-corrected chi connectivity index (χ0v) is 7.92. The Bertz CT molecular complexity index is 258. The van der Waals surface area contributed by atoms with Crippen LogP contribution in [0.25, 0.3) is 0 Å². The molecule has 0 unspecified atom stereocenters. The van der Waals surface area contributed by atoms with E-state index in [0.717, 1.165) is 29.0 Å². The highest BCUT2D eigenvalue weighted by Crippen LogP contribution is 2.05. The van der Waals surface area contributed by atoms with Crippen molar-refractivity contribution < 1.29 is 4.73 Å². The van der Waals surface area contributed by atoms with Gasteiger partial charge in [0, 0.05) is 26.0 Å². The molecule has 2 heteroatoms. The lowest BCUT2D eigenvalue weighted by atomic mass is 10.1. The third-order valence-corrected chi connectivity index (χ3v) is 1.97. The van der Waals surface area contributed by atoms with Crippen molar-refractivity contribution >= 4 is 0 Å². The summed E-state index contributed by atoms with van der Waals surface area (Å²) in [5, 5.41) is 11.2. The molecule has 0 aliphatic rings. The molecule has 0 aromatic carbocycles. The average molecular weight is 165 g/mol.